The number of hydrogen-bond acceptors (Lipinski definition) is 5. The largest absolute Gasteiger partial charge is 0.376 e. The molecule has 1 aliphatic carbocycles. The van der Waals surface area contributed by atoms with Gasteiger partial charge in [0, 0.05) is 43.4 Å². The van der Waals surface area contributed by atoms with Crippen LogP contribution < -0.4 is 14.9 Å². The molecule has 3 aliphatic rings. The number of piperidine rings is 1. The number of rotatable bonds is 5. The van der Waals surface area contributed by atoms with Crippen molar-refractivity contribution in [1.29, 1.82) is 0 Å². The highest BCUT2D eigenvalue weighted by Crippen LogP contribution is 2.40. The van der Waals surface area contributed by atoms with Gasteiger partial charge in [-0.25, -0.2) is 13.1 Å². The van der Waals surface area contributed by atoms with E-state index < -0.39 is 10.0 Å². The first-order valence-corrected chi connectivity index (χ1v) is 11.1. The average molecular weight is 365 g/mol. The number of ether oxygens (including phenoxy) is 1. The predicted molar refractivity (Wildman–Crippen MR) is 98.2 cm³/mol. The van der Waals surface area contributed by atoms with Gasteiger partial charge in [-0.2, -0.15) is 0 Å². The maximum atomic E-state index is 11.7. The van der Waals surface area contributed by atoms with Gasteiger partial charge in [-0.15, -0.1) is 0 Å². The lowest BCUT2D eigenvalue weighted by Crippen LogP contribution is -2.71. The van der Waals surface area contributed by atoms with Crippen LogP contribution in [0, 0.1) is 5.92 Å². The summed E-state index contributed by atoms with van der Waals surface area (Å²) in [6.45, 7) is 2.80. The molecular weight excluding hydrogens is 338 g/mol. The van der Waals surface area contributed by atoms with Gasteiger partial charge in [0.05, 0.1) is 18.4 Å². The van der Waals surface area contributed by atoms with Crippen LogP contribution in [0.15, 0.2) is 30.3 Å². The topological polar surface area (TPSA) is 70.7 Å². The number of anilines is 1. The van der Waals surface area contributed by atoms with E-state index in [0.717, 1.165) is 39.0 Å². The Morgan fingerprint density at radius 1 is 1.08 bits per heavy atom. The number of hydrogen-bond donors (Lipinski definition) is 2. The minimum Gasteiger partial charge on any atom is -0.376 e. The highest BCUT2D eigenvalue weighted by molar-refractivity contribution is 7.88. The molecule has 0 aromatic heterocycles. The summed E-state index contributed by atoms with van der Waals surface area (Å²) in [5, 5.41) is 3.74. The SMILES string of the molecule is CS(=O)(=O)N[C@@H]1[C@@H](NC2CCN(c3ccccc3)CC2)[C@H]2CCO[C@H]21. The maximum absolute atomic E-state index is 11.7. The van der Waals surface area contributed by atoms with Gasteiger partial charge in [-0.1, -0.05) is 18.2 Å². The molecule has 0 unspecified atom stereocenters. The van der Waals surface area contributed by atoms with E-state index in [9.17, 15) is 8.42 Å². The van der Waals surface area contributed by atoms with Gasteiger partial charge in [0.25, 0.3) is 0 Å². The molecule has 0 radical (unpaired) electrons. The van der Waals surface area contributed by atoms with Crippen molar-refractivity contribution in [2.75, 3.05) is 30.9 Å². The molecule has 4 atom stereocenters. The Morgan fingerprint density at radius 3 is 2.48 bits per heavy atom. The van der Waals surface area contributed by atoms with E-state index in [-0.39, 0.29) is 18.2 Å². The van der Waals surface area contributed by atoms with Crippen LogP contribution in [0.25, 0.3) is 0 Å². The summed E-state index contributed by atoms with van der Waals surface area (Å²) in [6, 6.07) is 11.0. The molecule has 0 spiro atoms. The smallest absolute Gasteiger partial charge is 0.209 e. The van der Waals surface area contributed by atoms with Crippen molar-refractivity contribution in [3.63, 3.8) is 0 Å². The molecule has 1 aromatic carbocycles. The summed E-state index contributed by atoms with van der Waals surface area (Å²) >= 11 is 0. The molecular formula is C18H27N3O3S. The first-order valence-electron chi connectivity index (χ1n) is 9.16. The fourth-order valence-electron chi connectivity index (χ4n) is 4.54. The second kappa shape index (κ2) is 6.87. The average Bonchev–Trinajstić information content (AvgIpc) is 3.03. The van der Waals surface area contributed by atoms with Crippen LogP contribution in [-0.4, -0.2) is 58.6 Å². The summed E-state index contributed by atoms with van der Waals surface area (Å²) in [5.74, 6) is 0.436. The Bertz CT molecular complexity index is 689. The van der Waals surface area contributed by atoms with E-state index in [1.165, 1.54) is 11.9 Å². The van der Waals surface area contributed by atoms with Crippen molar-refractivity contribution in [2.45, 2.75) is 43.5 Å². The molecule has 138 valence electrons. The Morgan fingerprint density at radius 2 is 1.80 bits per heavy atom. The molecule has 1 aromatic rings. The van der Waals surface area contributed by atoms with E-state index in [4.69, 9.17) is 4.74 Å². The van der Waals surface area contributed by atoms with Gasteiger partial charge in [0.2, 0.25) is 10.0 Å². The molecule has 6 nitrogen and oxygen atoms in total. The van der Waals surface area contributed by atoms with Crippen LogP contribution in [0.2, 0.25) is 0 Å². The zero-order valence-corrected chi connectivity index (χ0v) is 15.4. The Labute approximate surface area is 150 Å². The first kappa shape index (κ1) is 17.3. The minimum absolute atomic E-state index is 0.0385. The molecule has 25 heavy (non-hydrogen) atoms. The number of sulfonamides is 1. The van der Waals surface area contributed by atoms with Crippen molar-refractivity contribution in [1.82, 2.24) is 10.0 Å². The summed E-state index contributed by atoms with van der Waals surface area (Å²) in [5.41, 5.74) is 1.28. The zero-order chi connectivity index (χ0) is 17.4. The van der Waals surface area contributed by atoms with Gasteiger partial charge < -0.3 is 15.0 Å². The van der Waals surface area contributed by atoms with Crippen LogP contribution in [0.3, 0.4) is 0 Å². The fourth-order valence-corrected chi connectivity index (χ4v) is 5.31. The van der Waals surface area contributed by atoms with Crippen LogP contribution in [0.5, 0.6) is 0 Å². The fraction of sp³-hybridized carbons (Fsp3) is 0.667. The third-order valence-electron chi connectivity index (χ3n) is 5.78. The third-order valence-corrected chi connectivity index (χ3v) is 6.48. The quantitative estimate of drug-likeness (QED) is 0.813. The maximum Gasteiger partial charge on any atom is 0.209 e. The molecule has 2 heterocycles. The summed E-state index contributed by atoms with van der Waals surface area (Å²) < 4.78 is 31.8. The standard InChI is InChI=1S/C18H27N3O3S/c1-25(22,23)20-17-16(15-9-12-24-18(15)17)19-13-7-10-21(11-8-13)14-5-3-2-4-6-14/h2-6,13,15-20H,7-12H2,1H3/t15-,16+,17-,18-/m1/s1. The van der Waals surface area contributed by atoms with Gasteiger partial charge in [-0.3, -0.25) is 0 Å². The summed E-state index contributed by atoms with van der Waals surface area (Å²) in [7, 11) is -3.22. The Hall–Kier alpha value is -1.15. The zero-order valence-electron chi connectivity index (χ0n) is 14.6. The lowest BCUT2D eigenvalue weighted by molar-refractivity contribution is -0.0256. The normalized spacial score (nSPS) is 33.1. The second-order valence-electron chi connectivity index (χ2n) is 7.49. The highest BCUT2D eigenvalue weighted by atomic mass is 32.2. The van der Waals surface area contributed by atoms with E-state index in [1.54, 1.807) is 0 Å². The van der Waals surface area contributed by atoms with Gasteiger partial charge in [-0.05, 0) is 31.4 Å². The molecule has 0 bridgehead atoms. The van der Waals surface area contributed by atoms with E-state index >= 15 is 0 Å². The third kappa shape index (κ3) is 3.69. The van der Waals surface area contributed by atoms with Gasteiger partial charge in [0.1, 0.15) is 0 Å². The summed E-state index contributed by atoms with van der Waals surface area (Å²) in [4.78, 5) is 2.42. The number of nitrogens with one attached hydrogen (secondary N) is 2. The second-order valence-corrected chi connectivity index (χ2v) is 9.27. The van der Waals surface area contributed by atoms with Crippen LogP contribution in [0.1, 0.15) is 19.3 Å². The minimum atomic E-state index is -3.22. The molecule has 2 aliphatic heterocycles. The molecule has 2 N–H and O–H groups in total. The van der Waals surface area contributed by atoms with Gasteiger partial charge in [0.15, 0.2) is 0 Å². The van der Waals surface area contributed by atoms with E-state index in [1.807, 2.05) is 6.07 Å². The lowest BCUT2D eigenvalue weighted by atomic mass is 9.71. The number of nitrogens with zero attached hydrogens (tertiary/aromatic N) is 1. The highest BCUT2D eigenvalue weighted by Gasteiger charge is 2.55. The van der Waals surface area contributed by atoms with Crippen LogP contribution >= 0.6 is 0 Å². The monoisotopic (exact) mass is 365 g/mol. The molecule has 2 saturated heterocycles. The number of para-hydroxylation sites is 1. The number of benzene rings is 1. The van der Waals surface area contributed by atoms with Crippen molar-refractivity contribution in [2.24, 2.45) is 5.92 Å². The molecule has 7 heteroatoms. The Kier molecular flexibility index (Phi) is 4.75. The van der Waals surface area contributed by atoms with Crippen LogP contribution in [-0.2, 0) is 14.8 Å². The predicted octanol–water partition coefficient (Wildman–Crippen LogP) is 0.950. The number of fused-ring (bicyclic) bond motifs is 1. The van der Waals surface area contributed by atoms with E-state index in [2.05, 4.69) is 39.2 Å². The van der Waals surface area contributed by atoms with E-state index in [0.29, 0.717) is 12.0 Å². The molecule has 1 saturated carbocycles. The van der Waals surface area contributed by atoms with Gasteiger partial charge >= 0.3 is 0 Å². The van der Waals surface area contributed by atoms with Crippen molar-refractivity contribution in [3.05, 3.63) is 30.3 Å². The van der Waals surface area contributed by atoms with Crippen molar-refractivity contribution < 1.29 is 13.2 Å². The Balaban J connectivity index is 1.34. The molecule has 3 fully saturated rings. The lowest BCUT2D eigenvalue weighted by Gasteiger charge is -2.50. The first-order chi connectivity index (χ1) is 12.0. The van der Waals surface area contributed by atoms with Crippen molar-refractivity contribution >= 4 is 15.7 Å². The van der Waals surface area contributed by atoms with Crippen molar-refractivity contribution in [3.8, 4) is 0 Å². The van der Waals surface area contributed by atoms with Crippen LogP contribution in [0.4, 0.5) is 5.69 Å². The molecule has 0 amide bonds. The summed E-state index contributed by atoms with van der Waals surface area (Å²) in [6.07, 6.45) is 4.44. The molecule has 4 rings (SSSR count).